The Bertz CT molecular complexity index is 795. The summed E-state index contributed by atoms with van der Waals surface area (Å²) >= 11 is 17.7. The Labute approximate surface area is 160 Å². The second kappa shape index (κ2) is 7.95. The number of amides is 2. The lowest BCUT2D eigenvalue weighted by molar-refractivity contribution is 0.0827. The molecule has 0 saturated heterocycles. The van der Waals surface area contributed by atoms with Gasteiger partial charge >= 0.3 is 0 Å². The number of phenols is 1. The molecule has 0 spiro atoms. The second-order valence-electron chi connectivity index (χ2n) is 5.46. The van der Waals surface area contributed by atoms with E-state index in [0.717, 1.165) is 5.56 Å². The Morgan fingerprint density at radius 1 is 1.08 bits per heavy atom. The fourth-order valence-corrected chi connectivity index (χ4v) is 2.78. The summed E-state index contributed by atoms with van der Waals surface area (Å²) in [7, 11) is 3.34. The molecule has 132 valence electrons. The molecule has 0 aromatic heterocycles. The van der Waals surface area contributed by atoms with Crippen LogP contribution in [0.5, 0.6) is 5.75 Å². The summed E-state index contributed by atoms with van der Waals surface area (Å²) in [6.45, 7) is 0.176. The Balaban J connectivity index is 2.12. The van der Waals surface area contributed by atoms with Gasteiger partial charge in [-0.1, -0.05) is 46.9 Å². The third-order valence-corrected chi connectivity index (χ3v) is 4.51. The highest BCUT2D eigenvalue weighted by Gasteiger charge is 2.21. The van der Waals surface area contributed by atoms with Crippen LogP contribution in [0.25, 0.3) is 0 Å². The van der Waals surface area contributed by atoms with Crippen LogP contribution in [0.2, 0.25) is 15.1 Å². The van der Waals surface area contributed by atoms with Crippen LogP contribution in [0.4, 0.5) is 0 Å². The summed E-state index contributed by atoms with van der Waals surface area (Å²) < 4.78 is 0. The first kappa shape index (κ1) is 19.4. The average Bonchev–Trinajstić information content (AvgIpc) is 2.58. The first-order valence-electron chi connectivity index (χ1n) is 7.17. The van der Waals surface area contributed by atoms with Crippen LogP contribution >= 0.6 is 34.8 Å². The molecule has 5 nitrogen and oxygen atoms in total. The van der Waals surface area contributed by atoms with Gasteiger partial charge in [0.05, 0.1) is 15.1 Å². The number of rotatable bonds is 4. The summed E-state index contributed by atoms with van der Waals surface area (Å²) in [6, 6.07) is 8.06. The van der Waals surface area contributed by atoms with Crippen LogP contribution in [0.1, 0.15) is 26.3 Å². The van der Waals surface area contributed by atoms with Crippen molar-refractivity contribution in [1.29, 1.82) is 0 Å². The monoisotopic (exact) mass is 400 g/mol. The summed E-state index contributed by atoms with van der Waals surface area (Å²) in [5, 5.41) is 12.5. The Kier molecular flexibility index (Phi) is 6.16. The molecule has 2 amide bonds. The van der Waals surface area contributed by atoms with Crippen LogP contribution in [-0.2, 0) is 6.54 Å². The zero-order valence-electron chi connectivity index (χ0n) is 13.4. The van der Waals surface area contributed by atoms with Crippen molar-refractivity contribution in [1.82, 2.24) is 10.2 Å². The van der Waals surface area contributed by atoms with Gasteiger partial charge in [-0.2, -0.15) is 0 Å². The first-order valence-corrected chi connectivity index (χ1v) is 8.31. The maximum absolute atomic E-state index is 12.3. The topological polar surface area (TPSA) is 69.6 Å². The van der Waals surface area contributed by atoms with Gasteiger partial charge in [-0.3, -0.25) is 9.59 Å². The second-order valence-corrected chi connectivity index (χ2v) is 6.65. The molecule has 2 rings (SSSR count). The van der Waals surface area contributed by atoms with Gasteiger partial charge in [0, 0.05) is 26.2 Å². The fourth-order valence-electron chi connectivity index (χ4n) is 2.09. The van der Waals surface area contributed by atoms with Crippen molar-refractivity contribution in [2.75, 3.05) is 14.1 Å². The Morgan fingerprint density at radius 2 is 1.68 bits per heavy atom. The van der Waals surface area contributed by atoms with E-state index in [4.69, 9.17) is 34.8 Å². The van der Waals surface area contributed by atoms with Crippen LogP contribution in [-0.4, -0.2) is 35.9 Å². The van der Waals surface area contributed by atoms with Crippen LogP contribution < -0.4 is 5.32 Å². The quantitative estimate of drug-likeness (QED) is 0.761. The lowest BCUT2D eigenvalue weighted by Gasteiger charge is -2.12. The van der Waals surface area contributed by atoms with Gasteiger partial charge < -0.3 is 15.3 Å². The lowest BCUT2D eigenvalue weighted by atomic mass is 10.1. The van der Waals surface area contributed by atoms with Crippen molar-refractivity contribution in [3.63, 3.8) is 0 Å². The molecule has 0 fully saturated rings. The zero-order chi connectivity index (χ0) is 18.7. The average molecular weight is 402 g/mol. The van der Waals surface area contributed by atoms with E-state index in [-0.39, 0.29) is 33.1 Å². The van der Waals surface area contributed by atoms with Crippen molar-refractivity contribution in [3.8, 4) is 5.75 Å². The van der Waals surface area contributed by atoms with E-state index in [2.05, 4.69) is 5.32 Å². The zero-order valence-corrected chi connectivity index (χ0v) is 15.7. The number of aromatic hydroxyl groups is 1. The van der Waals surface area contributed by atoms with Gasteiger partial charge in [0.1, 0.15) is 11.3 Å². The van der Waals surface area contributed by atoms with E-state index >= 15 is 0 Å². The fraction of sp³-hybridized carbons (Fsp3) is 0.176. The van der Waals surface area contributed by atoms with Gasteiger partial charge in [-0.05, 0) is 23.8 Å². The van der Waals surface area contributed by atoms with Crippen molar-refractivity contribution in [2.24, 2.45) is 0 Å². The maximum Gasteiger partial charge on any atom is 0.256 e. The predicted octanol–water partition coefficient (Wildman–Crippen LogP) is 3.98. The van der Waals surface area contributed by atoms with Crippen molar-refractivity contribution < 1.29 is 14.7 Å². The van der Waals surface area contributed by atoms with E-state index < -0.39 is 11.7 Å². The summed E-state index contributed by atoms with van der Waals surface area (Å²) in [5.74, 6) is -1.15. The van der Waals surface area contributed by atoms with Gasteiger partial charge in [-0.15, -0.1) is 0 Å². The molecule has 0 aliphatic rings. The summed E-state index contributed by atoms with van der Waals surface area (Å²) in [4.78, 5) is 25.6. The number of carbonyl (C=O) groups is 2. The Morgan fingerprint density at radius 3 is 2.24 bits per heavy atom. The van der Waals surface area contributed by atoms with Crippen LogP contribution in [0, 0.1) is 0 Å². The molecule has 0 aliphatic carbocycles. The highest BCUT2D eigenvalue weighted by molar-refractivity contribution is 6.45. The number of phenolic OH excluding ortho intramolecular Hbond substituents is 1. The number of nitrogens with zero attached hydrogens (tertiary/aromatic N) is 1. The molecule has 0 heterocycles. The van der Waals surface area contributed by atoms with Crippen molar-refractivity contribution >= 4 is 46.6 Å². The van der Waals surface area contributed by atoms with Crippen molar-refractivity contribution in [2.45, 2.75) is 6.54 Å². The maximum atomic E-state index is 12.3. The number of carbonyl (C=O) groups excluding carboxylic acids is 2. The highest BCUT2D eigenvalue weighted by atomic mass is 35.5. The Hall–Kier alpha value is -1.95. The summed E-state index contributed by atoms with van der Waals surface area (Å²) in [6.07, 6.45) is 0. The number of halogens is 3. The molecular formula is C17H15Cl3N2O3. The molecular weight excluding hydrogens is 387 g/mol. The lowest BCUT2D eigenvalue weighted by Crippen LogP contribution is -2.24. The molecule has 2 aromatic carbocycles. The molecule has 0 unspecified atom stereocenters. The van der Waals surface area contributed by atoms with E-state index in [0.29, 0.717) is 5.56 Å². The standard InChI is InChI=1S/C17H15Cl3N2O3/c1-22(2)17(25)10-5-3-9(4-6-10)8-21-16(24)13-14(20)11(18)7-12(19)15(13)23/h3-7,23H,8H2,1-2H3,(H,21,24). The van der Waals surface area contributed by atoms with Gasteiger partial charge in [0.2, 0.25) is 0 Å². The van der Waals surface area contributed by atoms with Crippen LogP contribution in [0.15, 0.2) is 30.3 Å². The number of benzene rings is 2. The normalized spacial score (nSPS) is 10.4. The molecule has 0 bridgehead atoms. The van der Waals surface area contributed by atoms with Crippen molar-refractivity contribution in [3.05, 3.63) is 62.1 Å². The van der Waals surface area contributed by atoms with E-state index in [1.807, 2.05) is 0 Å². The number of nitrogens with one attached hydrogen (secondary N) is 1. The largest absolute Gasteiger partial charge is 0.505 e. The highest BCUT2D eigenvalue weighted by Crippen LogP contribution is 2.38. The minimum Gasteiger partial charge on any atom is -0.505 e. The van der Waals surface area contributed by atoms with E-state index in [1.54, 1.807) is 38.4 Å². The predicted molar refractivity (Wildman–Crippen MR) is 98.8 cm³/mol. The molecule has 0 saturated carbocycles. The van der Waals surface area contributed by atoms with E-state index in [1.165, 1.54) is 11.0 Å². The smallest absolute Gasteiger partial charge is 0.256 e. The summed E-state index contributed by atoms with van der Waals surface area (Å²) in [5.41, 5.74) is 1.13. The number of hydrogen-bond acceptors (Lipinski definition) is 3. The van der Waals surface area contributed by atoms with Gasteiger partial charge in [0.25, 0.3) is 11.8 Å². The first-order chi connectivity index (χ1) is 11.7. The molecule has 8 heteroatoms. The molecule has 0 aliphatic heterocycles. The number of hydrogen-bond donors (Lipinski definition) is 2. The third-order valence-electron chi connectivity index (χ3n) is 3.43. The van der Waals surface area contributed by atoms with E-state index in [9.17, 15) is 14.7 Å². The molecule has 0 radical (unpaired) electrons. The van der Waals surface area contributed by atoms with Gasteiger partial charge in [0.15, 0.2) is 0 Å². The molecule has 2 N–H and O–H groups in total. The SMILES string of the molecule is CN(C)C(=O)c1ccc(CNC(=O)c2c(O)c(Cl)cc(Cl)c2Cl)cc1. The molecule has 25 heavy (non-hydrogen) atoms. The van der Waals surface area contributed by atoms with Crippen LogP contribution in [0.3, 0.4) is 0 Å². The molecule has 2 aromatic rings. The molecule has 0 atom stereocenters. The third kappa shape index (κ3) is 4.37. The minimum atomic E-state index is -0.611. The minimum absolute atomic E-state index is 0.0638. The van der Waals surface area contributed by atoms with Gasteiger partial charge in [-0.25, -0.2) is 0 Å².